The lowest BCUT2D eigenvalue weighted by Crippen LogP contribution is -2.00. The number of aliphatic carboxylic acids is 1. The zero-order chi connectivity index (χ0) is 18.4. The Kier molecular flexibility index (Phi) is 12.8. The molecule has 0 aliphatic carbocycles. The molecule has 0 saturated heterocycles. The van der Waals surface area contributed by atoms with Crippen molar-refractivity contribution in [2.24, 2.45) is 0 Å². The van der Waals surface area contributed by atoms with Crippen molar-refractivity contribution in [1.29, 1.82) is 0 Å². The first kappa shape index (κ1) is 22.4. The van der Waals surface area contributed by atoms with E-state index in [0.717, 1.165) is 32.1 Å². The van der Waals surface area contributed by atoms with Gasteiger partial charge in [-0.1, -0.05) is 34.9 Å². The summed E-state index contributed by atoms with van der Waals surface area (Å²) in [7, 11) is 0. The Morgan fingerprint density at radius 1 is 0.708 bits per heavy atom. The summed E-state index contributed by atoms with van der Waals surface area (Å²) in [5.41, 5.74) is 4.13. The molecule has 0 aromatic carbocycles. The average Bonchev–Trinajstić information content (AvgIpc) is 2.46. The summed E-state index contributed by atoms with van der Waals surface area (Å²) in [6.45, 7) is 8.56. The summed E-state index contributed by atoms with van der Waals surface area (Å²) in [6, 6.07) is 0. The van der Waals surface area contributed by atoms with Crippen LogP contribution in [0.15, 0.2) is 34.9 Å². The number of hydrogen-bond acceptors (Lipinski definition) is 2. The molecule has 1 N–H and O–H groups in total. The quantitative estimate of drug-likeness (QED) is 0.420. The predicted molar refractivity (Wildman–Crippen MR) is 101 cm³/mol. The highest BCUT2D eigenvalue weighted by molar-refractivity contribution is 5.79. The summed E-state index contributed by atoms with van der Waals surface area (Å²) in [4.78, 5) is 22.0. The molecule has 3 nitrogen and oxygen atoms in total. The molecule has 0 spiro atoms. The third-order valence-corrected chi connectivity index (χ3v) is 3.88. The zero-order valence-corrected chi connectivity index (χ0v) is 15.9. The lowest BCUT2D eigenvalue weighted by atomic mass is 10.0. The van der Waals surface area contributed by atoms with Gasteiger partial charge in [-0.05, 0) is 66.2 Å². The van der Waals surface area contributed by atoms with Crippen LogP contribution in [0, 0.1) is 0 Å². The number of allylic oxidation sites excluding steroid dienone is 6. The van der Waals surface area contributed by atoms with Gasteiger partial charge in [0.15, 0.2) is 0 Å². The van der Waals surface area contributed by atoms with Gasteiger partial charge >= 0.3 is 5.97 Å². The smallest absolute Gasteiger partial charge is 0.303 e. The van der Waals surface area contributed by atoms with Gasteiger partial charge in [-0.25, -0.2) is 0 Å². The summed E-state index contributed by atoms with van der Waals surface area (Å²) < 4.78 is 0. The van der Waals surface area contributed by atoms with Gasteiger partial charge in [0.25, 0.3) is 0 Å². The highest BCUT2D eigenvalue weighted by atomic mass is 16.4. The fourth-order valence-corrected chi connectivity index (χ4v) is 2.38. The number of rotatable bonds is 13. The number of carbonyl (C=O) groups is 2. The van der Waals surface area contributed by atoms with Crippen molar-refractivity contribution in [3.63, 3.8) is 0 Å². The Morgan fingerprint density at radius 2 is 1.21 bits per heavy atom. The normalized spacial score (nSPS) is 12.2. The van der Waals surface area contributed by atoms with Crippen molar-refractivity contribution >= 4 is 11.8 Å². The lowest BCUT2D eigenvalue weighted by Gasteiger charge is -2.02. The molecule has 0 bridgehead atoms. The maximum atomic E-state index is 11.6. The van der Waals surface area contributed by atoms with Gasteiger partial charge in [-0.15, -0.1) is 0 Å². The maximum absolute atomic E-state index is 11.6. The van der Waals surface area contributed by atoms with E-state index >= 15 is 0 Å². The monoisotopic (exact) mass is 334 g/mol. The van der Waals surface area contributed by atoms with Gasteiger partial charge < -0.3 is 5.11 Å². The SMILES string of the molecule is CC(C)=CCC/C(C)=C/CC/C(C)=C/CCC(=O)CCCC(=O)O. The Morgan fingerprint density at radius 3 is 1.71 bits per heavy atom. The van der Waals surface area contributed by atoms with Gasteiger partial charge in [-0.3, -0.25) is 9.59 Å². The van der Waals surface area contributed by atoms with Crippen LogP contribution < -0.4 is 0 Å². The fraction of sp³-hybridized carbons (Fsp3) is 0.619. The van der Waals surface area contributed by atoms with E-state index < -0.39 is 5.97 Å². The van der Waals surface area contributed by atoms with Crippen molar-refractivity contribution < 1.29 is 14.7 Å². The molecule has 0 aliphatic rings. The van der Waals surface area contributed by atoms with Crippen molar-refractivity contribution in [1.82, 2.24) is 0 Å². The molecule has 0 radical (unpaired) electrons. The molecule has 0 aromatic rings. The highest BCUT2D eigenvalue weighted by Crippen LogP contribution is 2.12. The van der Waals surface area contributed by atoms with E-state index in [1.165, 1.54) is 16.7 Å². The van der Waals surface area contributed by atoms with Crippen LogP contribution in [-0.4, -0.2) is 16.9 Å². The van der Waals surface area contributed by atoms with Crippen LogP contribution in [0.4, 0.5) is 0 Å². The molecule has 0 atom stereocenters. The number of Topliss-reactive ketones (excluding diaryl/α,β-unsaturated/α-hetero) is 1. The zero-order valence-electron chi connectivity index (χ0n) is 15.9. The summed E-state index contributed by atoms with van der Waals surface area (Å²) in [6.07, 6.45) is 13.3. The van der Waals surface area contributed by atoms with Crippen LogP contribution in [0.1, 0.15) is 85.5 Å². The van der Waals surface area contributed by atoms with Crippen molar-refractivity contribution in [3.05, 3.63) is 34.9 Å². The van der Waals surface area contributed by atoms with E-state index in [2.05, 4.69) is 45.9 Å². The standard InChI is InChI=1S/C21H34O3/c1-17(2)9-5-10-18(3)11-6-12-19(4)13-7-14-20(22)15-8-16-21(23)24/h9,11,13H,5-8,10,12,14-16H2,1-4H3,(H,23,24)/b18-11+,19-13+. The van der Waals surface area contributed by atoms with E-state index in [1.807, 2.05) is 0 Å². The van der Waals surface area contributed by atoms with E-state index in [1.54, 1.807) is 0 Å². The van der Waals surface area contributed by atoms with Crippen LogP contribution in [0.25, 0.3) is 0 Å². The van der Waals surface area contributed by atoms with Crippen LogP contribution in [0.5, 0.6) is 0 Å². The van der Waals surface area contributed by atoms with E-state index in [9.17, 15) is 9.59 Å². The molecule has 0 aliphatic heterocycles. The van der Waals surface area contributed by atoms with Crippen LogP contribution in [0.2, 0.25) is 0 Å². The minimum absolute atomic E-state index is 0.0832. The van der Waals surface area contributed by atoms with Crippen LogP contribution in [-0.2, 0) is 9.59 Å². The maximum Gasteiger partial charge on any atom is 0.303 e. The number of ketones is 1. The lowest BCUT2D eigenvalue weighted by molar-refractivity contribution is -0.137. The molecular weight excluding hydrogens is 300 g/mol. The first-order valence-electron chi connectivity index (χ1n) is 8.99. The number of carbonyl (C=O) groups excluding carboxylic acids is 1. The predicted octanol–water partition coefficient (Wildman–Crippen LogP) is 6.01. The van der Waals surface area contributed by atoms with Gasteiger partial charge in [-0.2, -0.15) is 0 Å². The second-order valence-corrected chi connectivity index (χ2v) is 6.78. The summed E-state index contributed by atoms with van der Waals surface area (Å²) in [5, 5.41) is 8.54. The molecule has 0 amide bonds. The number of hydrogen-bond donors (Lipinski definition) is 1. The number of carboxylic acid groups (broad SMARTS) is 1. The second kappa shape index (κ2) is 13.8. The van der Waals surface area contributed by atoms with Gasteiger partial charge in [0.1, 0.15) is 5.78 Å². The molecule has 0 heterocycles. The van der Waals surface area contributed by atoms with Crippen LogP contribution in [0.3, 0.4) is 0 Å². The topological polar surface area (TPSA) is 54.4 Å². The molecular formula is C21H34O3. The molecule has 0 fully saturated rings. The summed E-state index contributed by atoms with van der Waals surface area (Å²) in [5.74, 6) is -0.668. The molecule has 0 saturated carbocycles. The van der Waals surface area contributed by atoms with Gasteiger partial charge in [0.2, 0.25) is 0 Å². The van der Waals surface area contributed by atoms with Crippen molar-refractivity contribution in [2.45, 2.75) is 85.5 Å². The Bertz CT molecular complexity index is 477. The molecule has 0 unspecified atom stereocenters. The van der Waals surface area contributed by atoms with E-state index in [4.69, 9.17) is 5.11 Å². The van der Waals surface area contributed by atoms with Crippen molar-refractivity contribution in [3.8, 4) is 0 Å². The van der Waals surface area contributed by atoms with Gasteiger partial charge in [0, 0.05) is 19.3 Å². The fourth-order valence-electron chi connectivity index (χ4n) is 2.38. The third-order valence-electron chi connectivity index (χ3n) is 3.88. The Hall–Kier alpha value is -1.64. The third kappa shape index (κ3) is 15.3. The molecule has 24 heavy (non-hydrogen) atoms. The molecule has 0 rings (SSSR count). The summed E-state index contributed by atoms with van der Waals surface area (Å²) >= 11 is 0. The van der Waals surface area contributed by atoms with E-state index in [0.29, 0.717) is 19.3 Å². The Balaban J connectivity index is 3.88. The molecule has 0 aromatic heterocycles. The molecule has 136 valence electrons. The van der Waals surface area contributed by atoms with Gasteiger partial charge in [0.05, 0.1) is 0 Å². The second-order valence-electron chi connectivity index (χ2n) is 6.78. The van der Waals surface area contributed by atoms with Crippen LogP contribution >= 0.6 is 0 Å². The first-order chi connectivity index (χ1) is 11.3. The largest absolute Gasteiger partial charge is 0.481 e. The average molecular weight is 335 g/mol. The number of carboxylic acids is 1. The van der Waals surface area contributed by atoms with E-state index in [-0.39, 0.29) is 12.2 Å². The first-order valence-corrected chi connectivity index (χ1v) is 8.99. The Labute approximate surface area is 147 Å². The highest BCUT2D eigenvalue weighted by Gasteiger charge is 2.03. The minimum Gasteiger partial charge on any atom is -0.481 e. The van der Waals surface area contributed by atoms with Crippen molar-refractivity contribution in [2.75, 3.05) is 0 Å². The minimum atomic E-state index is -0.831. The molecule has 3 heteroatoms.